The molecule has 0 fully saturated rings. The van der Waals surface area contributed by atoms with Gasteiger partial charge in [-0.25, -0.2) is 0 Å². The molecule has 0 aromatic heterocycles. The smallest absolute Gasteiger partial charge is 0.251 e. The maximum atomic E-state index is 12.0. The van der Waals surface area contributed by atoms with E-state index in [-0.39, 0.29) is 5.91 Å². The lowest BCUT2D eigenvalue weighted by atomic mass is 10.1. The molecule has 3 heteroatoms. The third kappa shape index (κ3) is 2.72. The van der Waals surface area contributed by atoms with E-state index < -0.39 is 0 Å². The highest BCUT2D eigenvalue weighted by molar-refractivity contribution is 5.94. The molecule has 3 nitrogen and oxygen atoms in total. The van der Waals surface area contributed by atoms with Crippen molar-refractivity contribution in [3.05, 3.63) is 71.3 Å². The summed E-state index contributed by atoms with van der Waals surface area (Å²) >= 11 is 0. The third-order valence-corrected chi connectivity index (χ3v) is 3.20. The van der Waals surface area contributed by atoms with Gasteiger partial charge in [0.15, 0.2) is 0 Å². The number of nitrogens with one attached hydrogen (secondary N) is 1. The molecule has 2 aromatic carbocycles. The fourth-order valence-corrected chi connectivity index (χ4v) is 2.15. The first kappa shape index (κ1) is 12.5. The second-order valence-corrected chi connectivity index (χ2v) is 4.68. The van der Waals surface area contributed by atoms with Crippen molar-refractivity contribution in [2.24, 2.45) is 0 Å². The average molecular weight is 265 g/mol. The summed E-state index contributed by atoms with van der Waals surface area (Å²) in [6, 6.07) is 17.1. The van der Waals surface area contributed by atoms with Crippen LogP contribution in [0.3, 0.4) is 0 Å². The highest BCUT2D eigenvalue weighted by atomic mass is 16.5. The zero-order valence-corrected chi connectivity index (χ0v) is 11.0. The fourth-order valence-electron chi connectivity index (χ4n) is 2.15. The molecule has 0 saturated carbocycles. The molecule has 0 saturated heterocycles. The molecule has 0 spiro atoms. The number of amides is 1. The van der Waals surface area contributed by atoms with Gasteiger partial charge in [0.25, 0.3) is 5.91 Å². The zero-order chi connectivity index (χ0) is 13.8. The molecule has 1 aliphatic rings. The van der Waals surface area contributed by atoms with E-state index >= 15 is 0 Å². The maximum absolute atomic E-state index is 12.0. The molecule has 0 aliphatic carbocycles. The molecule has 20 heavy (non-hydrogen) atoms. The molecule has 0 unspecified atom stereocenters. The number of carbonyl (C=O) groups is 1. The summed E-state index contributed by atoms with van der Waals surface area (Å²) in [7, 11) is 0. The van der Waals surface area contributed by atoms with Gasteiger partial charge in [-0.05, 0) is 29.8 Å². The molecule has 0 radical (unpaired) electrons. The van der Waals surface area contributed by atoms with Crippen LogP contribution in [-0.4, -0.2) is 19.1 Å². The van der Waals surface area contributed by atoms with Gasteiger partial charge in [-0.2, -0.15) is 0 Å². The first-order valence-corrected chi connectivity index (χ1v) is 6.57. The van der Waals surface area contributed by atoms with Crippen molar-refractivity contribution in [1.82, 2.24) is 5.32 Å². The number of carbonyl (C=O) groups excluding carboxylic acids is 1. The van der Waals surface area contributed by atoms with Crippen molar-refractivity contribution in [3.8, 4) is 5.75 Å². The number of hydrogen-bond acceptors (Lipinski definition) is 2. The van der Waals surface area contributed by atoms with Gasteiger partial charge in [-0.1, -0.05) is 36.4 Å². The van der Waals surface area contributed by atoms with Crippen LogP contribution in [0, 0.1) is 0 Å². The van der Waals surface area contributed by atoms with Gasteiger partial charge in [0.1, 0.15) is 12.4 Å². The van der Waals surface area contributed by atoms with Crippen molar-refractivity contribution in [2.45, 2.75) is 0 Å². The molecule has 100 valence electrons. The minimum absolute atomic E-state index is 0.0645. The van der Waals surface area contributed by atoms with Crippen LogP contribution in [0.4, 0.5) is 0 Å². The summed E-state index contributed by atoms with van der Waals surface area (Å²) in [6.07, 6.45) is 2.07. The van der Waals surface area contributed by atoms with Gasteiger partial charge in [-0.15, -0.1) is 0 Å². The van der Waals surface area contributed by atoms with E-state index in [0.717, 1.165) is 16.9 Å². The second kappa shape index (κ2) is 5.61. The lowest BCUT2D eigenvalue weighted by Crippen LogP contribution is -2.27. The molecule has 1 aliphatic heterocycles. The fraction of sp³-hybridized carbons (Fsp3) is 0.118. The predicted octanol–water partition coefficient (Wildman–Crippen LogP) is 2.89. The summed E-state index contributed by atoms with van der Waals surface area (Å²) in [4.78, 5) is 12.0. The predicted molar refractivity (Wildman–Crippen MR) is 78.7 cm³/mol. The van der Waals surface area contributed by atoms with E-state index in [4.69, 9.17) is 4.74 Å². The van der Waals surface area contributed by atoms with Crippen molar-refractivity contribution < 1.29 is 9.53 Å². The molecule has 0 atom stereocenters. The van der Waals surface area contributed by atoms with Crippen LogP contribution in [0.2, 0.25) is 0 Å². The highest BCUT2D eigenvalue weighted by Gasteiger charge is 2.11. The van der Waals surface area contributed by atoms with Gasteiger partial charge in [0, 0.05) is 17.7 Å². The van der Waals surface area contributed by atoms with Gasteiger partial charge >= 0.3 is 0 Å². The van der Waals surface area contributed by atoms with Crippen molar-refractivity contribution >= 4 is 12.0 Å². The Morgan fingerprint density at radius 2 is 1.80 bits per heavy atom. The molecule has 1 heterocycles. The molecular formula is C17H15NO2. The van der Waals surface area contributed by atoms with Crippen molar-refractivity contribution in [2.75, 3.05) is 13.2 Å². The molecule has 2 aromatic rings. The third-order valence-electron chi connectivity index (χ3n) is 3.20. The van der Waals surface area contributed by atoms with Crippen LogP contribution in [0.15, 0.2) is 60.2 Å². The maximum Gasteiger partial charge on any atom is 0.251 e. The first-order chi connectivity index (χ1) is 9.83. The van der Waals surface area contributed by atoms with Crippen molar-refractivity contribution in [3.63, 3.8) is 0 Å². The second-order valence-electron chi connectivity index (χ2n) is 4.68. The summed E-state index contributed by atoms with van der Waals surface area (Å²) in [5.41, 5.74) is 2.79. The minimum Gasteiger partial charge on any atom is -0.489 e. The Balaban J connectivity index is 1.65. The van der Waals surface area contributed by atoms with E-state index in [2.05, 4.69) is 11.4 Å². The van der Waals surface area contributed by atoms with Gasteiger partial charge in [-0.3, -0.25) is 4.79 Å². The van der Waals surface area contributed by atoms with E-state index in [0.29, 0.717) is 18.7 Å². The van der Waals surface area contributed by atoms with Crippen LogP contribution in [-0.2, 0) is 0 Å². The lowest BCUT2D eigenvalue weighted by molar-refractivity contribution is 0.0956. The van der Waals surface area contributed by atoms with Crippen LogP contribution in [0.1, 0.15) is 15.9 Å². The Labute approximate surface area is 117 Å². The molecule has 3 rings (SSSR count). The summed E-state index contributed by atoms with van der Waals surface area (Å²) in [5, 5.41) is 2.91. The highest BCUT2D eigenvalue weighted by Crippen LogP contribution is 2.25. The molecule has 0 bridgehead atoms. The van der Waals surface area contributed by atoms with Crippen molar-refractivity contribution in [1.29, 1.82) is 0 Å². The monoisotopic (exact) mass is 265 g/mol. The van der Waals surface area contributed by atoms with E-state index in [9.17, 15) is 4.79 Å². The van der Waals surface area contributed by atoms with Crippen LogP contribution < -0.4 is 10.1 Å². The number of para-hydroxylation sites is 1. The van der Waals surface area contributed by atoms with Crippen LogP contribution in [0.25, 0.3) is 6.08 Å². The zero-order valence-electron chi connectivity index (χ0n) is 11.0. The first-order valence-electron chi connectivity index (χ1n) is 6.57. The van der Waals surface area contributed by atoms with Gasteiger partial charge in [0.05, 0.1) is 0 Å². The van der Waals surface area contributed by atoms with Gasteiger partial charge in [0.2, 0.25) is 0 Å². The molecular weight excluding hydrogens is 250 g/mol. The Morgan fingerprint density at radius 3 is 2.65 bits per heavy atom. The summed E-state index contributed by atoms with van der Waals surface area (Å²) in [5.74, 6) is 0.830. The van der Waals surface area contributed by atoms with Crippen LogP contribution >= 0.6 is 0 Å². The Morgan fingerprint density at radius 1 is 1.05 bits per heavy atom. The lowest BCUT2D eigenvalue weighted by Gasteiger charge is -2.18. The van der Waals surface area contributed by atoms with E-state index in [1.54, 1.807) is 12.1 Å². The molecule has 1 N–H and O–H groups in total. The molecule has 1 amide bonds. The normalized spacial score (nSPS) is 12.9. The Kier molecular flexibility index (Phi) is 3.50. The Hall–Kier alpha value is -2.55. The summed E-state index contributed by atoms with van der Waals surface area (Å²) < 4.78 is 5.65. The summed E-state index contributed by atoms with van der Waals surface area (Å²) in [6.45, 7) is 1.02. The number of hydrogen-bond donors (Lipinski definition) is 1. The topological polar surface area (TPSA) is 38.3 Å². The standard InChI is InChI=1S/C17H15NO2/c19-17(14-6-2-1-3-7-14)18-11-13-10-15-8-4-5-9-16(15)20-12-13/h1-10H,11-12H2,(H,18,19). The minimum atomic E-state index is -0.0645. The number of ether oxygens (including phenoxy) is 1. The van der Waals surface area contributed by atoms with E-state index in [1.165, 1.54) is 0 Å². The SMILES string of the molecule is O=C(NCC1=Cc2ccccc2OC1)c1ccccc1. The average Bonchev–Trinajstić information content (AvgIpc) is 2.53. The van der Waals surface area contributed by atoms with Gasteiger partial charge < -0.3 is 10.1 Å². The number of fused-ring (bicyclic) bond motifs is 1. The largest absolute Gasteiger partial charge is 0.489 e. The van der Waals surface area contributed by atoms with Crippen LogP contribution in [0.5, 0.6) is 5.75 Å². The van der Waals surface area contributed by atoms with E-state index in [1.807, 2.05) is 42.5 Å². The number of rotatable bonds is 3. The quantitative estimate of drug-likeness (QED) is 0.926. The Bertz CT molecular complexity index is 647. The number of benzene rings is 2.